The van der Waals surface area contributed by atoms with E-state index in [0.717, 1.165) is 11.3 Å². The van der Waals surface area contributed by atoms with Crippen molar-refractivity contribution in [3.8, 4) is 17.2 Å². The van der Waals surface area contributed by atoms with E-state index in [1.165, 1.54) is 0 Å². The maximum atomic E-state index is 12.6. The van der Waals surface area contributed by atoms with Crippen molar-refractivity contribution in [3.63, 3.8) is 0 Å². The molecule has 2 aromatic rings. The number of hydrogen-bond donors (Lipinski definition) is 0. The molecule has 1 aliphatic heterocycles. The molecule has 4 nitrogen and oxygen atoms in total. The van der Waals surface area contributed by atoms with Crippen LogP contribution in [0.1, 0.15) is 15.9 Å². The molecule has 3 rings (SSSR count). The number of hydrogen-bond acceptors (Lipinski definition) is 4. The fraction of sp³-hybridized carbons (Fsp3) is 0.167. The molecular formula is C18H16O4. The first-order valence-electron chi connectivity index (χ1n) is 6.91. The Morgan fingerprint density at radius 2 is 1.68 bits per heavy atom. The minimum Gasteiger partial charge on any atom is -0.497 e. The van der Waals surface area contributed by atoms with Gasteiger partial charge in [-0.05, 0) is 42.0 Å². The van der Waals surface area contributed by atoms with Crippen LogP contribution in [-0.2, 0) is 0 Å². The topological polar surface area (TPSA) is 44.8 Å². The van der Waals surface area contributed by atoms with Gasteiger partial charge in [0.25, 0.3) is 0 Å². The third-order valence-corrected chi connectivity index (χ3v) is 3.56. The SMILES string of the molecule is COc1ccc(C=C2COc3ccc(OC)cc3C2=O)cc1. The second kappa shape index (κ2) is 5.93. The first kappa shape index (κ1) is 14.2. The summed E-state index contributed by atoms with van der Waals surface area (Å²) in [6, 6.07) is 12.8. The highest BCUT2D eigenvalue weighted by Gasteiger charge is 2.23. The molecule has 0 bridgehead atoms. The number of Topliss-reactive ketones (excluding diaryl/α,β-unsaturated/α-hetero) is 1. The standard InChI is InChI=1S/C18H16O4/c1-20-14-5-3-12(4-6-14)9-13-11-22-17-8-7-15(21-2)10-16(17)18(13)19/h3-10H,11H2,1-2H3. The van der Waals surface area contributed by atoms with E-state index in [0.29, 0.717) is 22.6 Å². The first-order chi connectivity index (χ1) is 10.7. The zero-order valence-electron chi connectivity index (χ0n) is 12.5. The summed E-state index contributed by atoms with van der Waals surface area (Å²) in [7, 11) is 3.19. The van der Waals surface area contributed by atoms with E-state index in [4.69, 9.17) is 14.2 Å². The number of ketones is 1. The molecule has 0 fully saturated rings. The number of fused-ring (bicyclic) bond motifs is 1. The summed E-state index contributed by atoms with van der Waals surface area (Å²) in [4.78, 5) is 12.6. The molecule has 0 spiro atoms. The third kappa shape index (κ3) is 2.68. The van der Waals surface area contributed by atoms with Crippen LogP contribution in [0, 0.1) is 0 Å². The van der Waals surface area contributed by atoms with Gasteiger partial charge in [0.05, 0.1) is 19.8 Å². The molecule has 0 saturated carbocycles. The molecule has 0 atom stereocenters. The molecule has 1 aliphatic rings. The molecule has 22 heavy (non-hydrogen) atoms. The van der Waals surface area contributed by atoms with Gasteiger partial charge >= 0.3 is 0 Å². The van der Waals surface area contributed by atoms with Gasteiger partial charge < -0.3 is 14.2 Å². The summed E-state index contributed by atoms with van der Waals surface area (Å²) in [5, 5.41) is 0. The predicted octanol–water partition coefficient (Wildman–Crippen LogP) is 3.36. The van der Waals surface area contributed by atoms with E-state index in [2.05, 4.69) is 0 Å². The largest absolute Gasteiger partial charge is 0.497 e. The van der Waals surface area contributed by atoms with Crippen molar-refractivity contribution in [1.29, 1.82) is 0 Å². The minimum absolute atomic E-state index is 0.0315. The van der Waals surface area contributed by atoms with Gasteiger partial charge in [-0.15, -0.1) is 0 Å². The van der Waals surface area contributed by atoms with E-state index in [9.17, 15) is 4.79 Å². The summed E-state index contributed by atoms with van der Waals surface area (Å²) < 4.78 is 15.9. The van der Waals surface area contributed by atoms with Gasteiger partial charge in [0.1, 0.15) is 23.9 Å². The monoisotopic (exact) mass is 296 g/mol. The van der Waals surface area contributed by atoms with Gasteiger partial charge in [0.2, 0.25) is 0 Å². The molecule has 0 aliphatic carbocycles. The average Bonchev–Trinajstić information content (AvgIpc) is 2.58. The number of methoxy groups -OCH3 is 2. The van der Waals surface area contributed by atoms with Crippen LogP contribution in [0.15, 0.2) is 48.0 Å². The third-order valence-electron chi connectivity index (χ3n) is 3.56. The lowest BCUT2D eigenvalue weighted by molar-refractivity contribution is 0.100. The quantitative estimate of drug-likeness (QED) is 0.815. The van der Waals surface area contributed by atoms with Crippen molar-refractivity contribution >= 4 is 11.9 Å². The second-order valence-electron chi connectivity index (χ2n) is 4.92. The summed E-state index contributed by atoms with van der Waals surface area (Å²) in [5.74, 6) is 1.98. The molecule has 0 N–H and O–H groups in total. The van der Waals surface area contributed by atoms with Crippen LogP contribution in [0.2, 0.25) is 0 Å². The molecule has 2 aromatic carbocycles. The Hall–Kier alpha value is -2.75. The van der Waals surface area contributed by atoms with Crippen molar-refractivity contribution in [1.82, 2.24) is 0 Å². The van der Waals surface area contributed by atoms with Crippen molar-refractivity contribution in [3.05, 3.63) is 59.2 Å². The predicted molar refractivity (Wildman–Crippen MR) is 83.8 cm³/mol. The Balaban J connectivity index is 1.92. The van der Waals surface area contributed by atoms with Gasteiger partial charge in [-0.1, -0.05) is 12.1 Å². The summed E-state index contributed by atoms with van der Waals surface area (Å²) in [5.41, 5.74) is 2.08. The summed E-state index contributed by atoms with van der Waals surface area (Å²) >= 11 is 0. The van der Waals surface area contributed by atoms with Crippen LogP contribution in [0.4, 0.5) is 0 Å². The molecule has 4 heteroatoms. The Morgan fingerprint density at radius 3 is 2.36 bits per heavy atom. The van der Waals surface area contributed by atoms with Gasteiger partial charge in [-0.25, -0.2) is 0 Å². The van der Waals surface area contributed by atoms with Gasteiger partial charge in [-0.2, -0.15) is 0 Å². The van der Waals surface area contributed by atoms with Gasteiger partial charge in [0, 0.05) is 5.57 Å². The average molecular weight is 296 g/mol. The highest BCUT2D eigenvalue weighted by Crippen LogP contribution is 2.31. The van der Waals surface area contributed by atoms with E-state index in [-0.39, 0.29) is 12.4 Å². The second-order valence-corrected chi connectivity index (χ2v) is 4.92. The lowest BCUT2D eigenvalue weighted by Gasteiger charge is -2.19. The molecule has 0 saturated heterocycles. The van der Waals surface area contributed by atoms with Crippen LogP contribution in [0.5, 0.6) is 17.2 Å². The Morgan fingerprint density at radius 1 is 1.00 bits per heavy atom. The van der Waals surface area contributed by atoms with Crippen LogP contribution in [0.3, 0.4) is 0 Å². The Labute approximate surface area is 128 Å². The van der Waals surface area contributed by atoms with Crippen molar-refractivity contribution in [2.24, 2.45) is 0 Å². The molecule has 1 heterocycles. The maximum absolute atomic E-state index is 12.6. The number of rotatable bonds is 3. The maximum Gasteiger partial charge on any atom is 0.196 e. The first-order valence-corrected chi connectivity index (χ1v) is 6.91. The van der Waals surface area contributed by atoms with Gasteiger partial charge in [-0.3, -0.25) is 4.79 Å². The van der Waals surface area contributed by atoms with E-state index in [1.54, 1.807) is 32.4 Å². The molecule has 0 aromatic heterocycles. The van der Waals surface area contributed by atoms with Gasteiger partial charge in [0.15, 0.2) is 5.78 Å². The smallest absolute Gasteiger partial charge is 0.196 e. The molecule has 0 amide bonds. The van der Waals surface area contributed by atoms with Crippen LogP contribution in [-0.4, -0.2) is 26.6 Å². The summed E-state index contributed by atoms with van der Waals surface area (Å²) in [6.45, 7) is 0.268. The fourth-order valence-corrected chi connectivity index (χ4v) is 2.34. The molecular weight excluding hydrogens is 280 g/mol. The lowest BCUT2D eigenvalue weighted by atomic mass is 9.98. The highest BCUT2D eigenvalue weighted by molar-refractivity contribution is 6.14. The number of benzene rings is 2. The number of carbonyl (C=O) groups is 1. The van der Waals surface area contributed by atoms with Crippen LogP contribution < -0.4 is 14.2 Å². The lowest BCUT2D eigenvalue weighted by Crippen LogP contribution is -2.19. The van der Waals surface area contributed by atoms with Crippen LogP contribution >= 0.6 is 0 Å². The Bertz CT molecular complexity index is 729. The summed E-state index contributed by atoms with van der Waals surface area (Å²) in [6.07, 6.45) is 1.84. The van der Waals surface area contributed by atoms with Crippen molar-refractivity contribution in [2.75, 3.05) is 20.8 Å². The van der Waals surface area contributed by atoms with E-state index in [1.807, 2.05) is 30.3 Å². The van der Waals surface area contributed by atoms with E-state index < -0.39 is 0 Å². The van der Waals surface area contributed by atoms with Crippen molar-refractivity contribution < 1.29 is 19.0 Å². The number of ether oxygens (including phenoxy) is 3. The highest BCUT2D eigenvalue weighted by atomic mass is 16.5. The minimum atomic E-state index is -0.0315. The van der Waals surface area contributed by atoms with Crippen molar-refractivity contribution in [2.45, 2.75) is 0 Å². The van der Waals surface area contributed by atoms with Crippen LogP contribution in [0.25, 0.3) is 6.08 Å². The zero-order chi connectivity index (χ0) is 15.5. The van der Waals surface area contributed by atoms with E-state index >= 15 is 0 Å². The number of carbonyl (C=O) groups excluding carboxylic acids is 1. The Kier molecular flexibility index (Phi) is 3.83. The fourth-order valence-electron chi connectivity index (χ4n) is 2.34. The molecule has 0 unspecified atom stereocenters. The molecule has 0 radical (unpaired) electrons. The zero-order valence-corrected chi connectivity index (χ0v) is 12.5. The molecule has 112 valence electrons. The normalized spacial score (nSPS) is 15.2.